The Morgan fingerprint density at radius 3 is 2.31 bits per heavy atom. The van der Waals surface area contributed by atoms with Crippen molar-refractivity contribution in [3.05, 3.63) is 48.5 Å². The molecular formula is C21H27N4O3S+. The summed E-state index contributed by atoms with van der Waals surface area (Å²) in [5, 5.41) is 0. The van der Waals surface area contributed by atoms with Gasteiger partial charge < -0.3 is 14.7 Å². The van der Waals surface area contributed by atoms with Crippen LogP contribution in [-0.4, -0.2) is 54.1 Å². The Labute approximate surface area is 172 Å². The lowest BCUT2D eigenvalue weighted by Gasteiger charge is -2.33. The molecule has 0 spiro atoms. The normalized spacial score (nSPS) is 18.3. The molecule has 2 fully saturated rings. The Morgan fingerprint density at radius 1 is 0.966 bits per heavy atom. The summed E-state index contributed by atoms with van der Waals surface area (Å²) in [6, 6.07) is 14.1. The van der Waals surface area contributed by atoms with E-state index in [1.54, 1.807) is 35.2 Å². The number of carbonyl (C=O) groups is 1. The van der Waals surface area contributed by atoms with Gasteiger partial charge in [-0.15, -0.1) is 0 Å². The molecule has 0 atom stereocenters. The number of sulfonamides is 1. The number of nitrogens with one attached hydrogen (secondary N) is 2. The SMILES string of the molecule is C[NH+]1CCN(c2ccccc2NS(=O)(=O)c2ccc(N3CCCC3=O)cc2)CC1. The number of amides is 1. The van der Waals surface area contributed by atoms with Crippen LogP contribution in [0.25, 0.3) is 0 Å². The molecule has 2 N–H and O–H groups in total. The molecule has 29 heavy (non-hydrogen) atoms. The molecule has 0 aromatic heterocycles. The molecule has 2 saturated heterocycles. The number of piperazine rings is 1. The molecule has 0 bridgehead atoms. The number of quaternary nitrogens is 1. The van der Waals surface area contributed by atoms with E-state index >= 15 is 0 Å². The van der Waals surface area contributed by atoms with Crippen molar-refractivity contribution < 1.29 is 18.1 Å². The second-order valence-electron chi connectivity index (χ2n) is 7.71. The minimum absolute atomic E-state index is 0.0849. The van der Waals surface area contributed by atoms with Gasteiger partial charge in [0.2, 0.25) is 5.91 Å². The van der Waals surface area contributed by atoms with Gasteiger partial charge in [-0.3, -0.25) is 9.52 Å². The second-order valence-corrected chi connectivity index (χ2v) is 9.39. The second kappa shape index (κ2) is 8.04. The van der Waals surface area contributed by atoms with E-state index in [-0.39, 0.29) is 10.8 Å². The monoisotopic (exact) mass is 415 g/mol. The van der Waals surface area contributed by atoms with Crippen LogP contribution in [0.1, 0.15) is 12.8 Å². The first-order valence-corrected chi connectivity index (χ1v) is 11.5. The molecule has 0 radical (unpaired) electrons. The fourth-order valence-corrected chi connectivity index (χ4v) is 4.97. The molecule has 2 heterocycles. The van der Waals surface area contributed by atoms with Crippen LogP contribution in [0.2, 0.25) is 0 Å². The summed E-state index contributed by atoms with van der Waals surface area (Å²) in [5.41, 5.74) is 2.24. The molecule has 4 rings (SSSR count). The number of carbonyl (C=O) groups excluding carboxylic acids is 1. The van der Waals surface area contributed by atoms with Gasteiger partial charge >= 0.3 is 0 Å². The Morgan fingerprint density at radius 2 is 1.66 bits per heavy atom. The number of benzene rings is 2. The third-order valence-electron chi connectivity index (χ3n) is 5.64. The molecule has 8 heteroatoms. The van der Waals surface area contributed by atoms with E-state index in [2.05, 4.69) is 16.7 Å². The zero-order valence-corrected chi connectivity index (χ0v) is 17.4. The molecule has 2 aromatic carbocycles. The first kappa shape index (κ1) is 19.7. The average Bonchev–Trinajstić information content (AvgIpc) is 3.15. The van der Waals surface area contributed by atoms with Gasteiger partial charge in [-0.25, -0.2) is 8.42 Å². The third kappa shape index (κ3) is 4.23. The van der Waals surface area contributed by atoms with Gasteiger partial charge in [0.25, 0.3) is 10.0 Å². The van der Waals surface area contributed by atoms with Crippen LogP contribution in [0, 0.1) is 0 Å². The lowest BCUT2D eigenvalue weighted by atomic mass is 10.2. The fraction of sp³-hybridized carbons (Fsp3) is 0.381. The van der Waals surface area contributed by atoms with E-state index in [9.17, 15) is 13.2 Å². The van der Waals surface area contributed by atoms with Gasteiger partial charge in [-0.2, -0.15) is 0 Å². The van der Waals surface area contributed by atoms with Crippen molar-refractivity contribution >= 4 is 33.0 Å². The van der Waals surface area contributed by atoms with E-state index in [4.69, 9.17) is 0 Å². The summed E-state index contributed by atoms with van der Waals surface area (Å²) in [6.07, 6.45) is 1.39. The van der Waals surface area contributed by atoms with Crippen LogP contribution in [0.4, 0.5) is 17.1 Å². The smallest absolute Gasteiger partial charge is 0.261 e. The van der Waals surface area contributed by atoms with E-state index < -0.39 is 10.0 Å². The predicted octanol–water partition coefficient (Wildman–Crippen LogP) is 0.949. The molecular weight excluding hydrogens is 388 g/mol. The Kier molecular flexibility index (Phi) is 5.47. The minimum Gasteiger partial charge on any atom is -0.359 e. The van der Waals surface area contributed by atoms with Gasteiger partial charge in [0.1, 0.15) is 0 Å². The maximum absolute atomic E-state index is 13.0. The first-order valence-electron chi connectivity index (χ1n) is 10.0. The number of rotatable bonds is 5. The number of hydrogen-bond donors (Lipinski definition) is 2. The highest BCUT2D eigenvalue weighted by atomic mass is 32.2. The van der Waals surface area contributed by atoms with Crippen LogP contribution in [0.5, 0.6) is 0 Å². The Bertz CT molecular complexity index is 983. The summed E-state index contributed by atoms with van der Waals surface area (Å²) < 4.78 is 28.7. The molecule has 7 nitrogen and oxygen atoms in total. The summed E-state index contributed by atoms with van der Waals surface area (Å²) in [5.74, 6) is 0.0849. The van der Waals surface area contributed by atoms with E-state index in [1.165, 1.54) is 4.90 Å². The zero-order valence-electron chi connectivity index (χ0n) is 16.6. The number of nitrogens with zero attached hydrogens (tertiary/aromatic N) is 2. The maximum atomic E-state index is 13.0. The summed E-state index contributed by atoms with van der Waals surface area (Å²) in [7, 11) is -1.55. The standard InChI is InChI=1S/C21H26N4O3S/c1-23-13-15-24(16-14-23)20-6-3-2-5-19(20)22-29(27,28)18-10-8-17(9-11-18)25-12-4-7-21(25)26/h2-3,5-6,8-11,22H,4,7,12-16H2,1H3/p+1. The van der Waals surface area contributed by atoms with Gasteiger partial charge in [-0.1, -0.05) is 12.1 Å². The number of hydrogen-bond acceptors (Lipinski definition) is 4. The van der Waals surface area contributed by atoms with Crippen LogP contribution < -0.4 is 19.4 Å². The minimum atomic E-state index is -3.72. The van der Waals surface area contributed by atoms with Crippen molar-refractivity contribution in [1.29, 1.82) is 0 Å². The fourth-order valence-electron chi connectivity index (χ4n) is 3.90. The average molecular weight is 416 g/mol. The Hall–Kier alpha value is -2.58. The highest BCUT2D eigenvalue weighted by molar-refractivity contribution is 7.92. The van der Waals surface area contributed by atoms with E-state index in [1.807, 2.05) is 18.2 Å². The molecule has 154 valence electrons. The van der Waals surface area contributed by atoms with Crippen LogP contribution in [-0.2, 0) is 14.8 Å². The highest BCUT2D eigenvalue weighted by Gasteiger charge is 2.24. The lowest BCUT2D eigenvalue weighted by Crippen LogP contribution is -3.12. The molecule has 1 amide bonds. The van der Waals surface area contributed by atoms with Crippen LogP contribution in [0.3, 0.4) is 0 Å². The van der Waals surface area contributed by atoms with Crippen LogP contribution in [0.15, 0.2) is 53.4 Å². The quantitative estimate of drug-likeness (QED) is 0.763. The Balaban J connectivity index is 1.54. The molecule has 2 aliphatic rings. The molecule has 0 unspecified atom stereocenters. The molecule has 2 aromatic rings. The summed E-state index contributed by atoms with van der Waals surface area (Å²) in [6.45, 7) is 4.52. The topological polar surface area (TPSA) is 74.2 Å². The summed E-state index contributed by atoms with van der Waals surface area (Å²) >= 11 is 0. The van der Waals surface area contributed by atoms with Crippen molar-refractivity contribution in [1.82, 2.24) is 0 Å². The van der Waals surface area contributed by atoms with Crippen molar-refractivity contribution in [2.45, 2.75) is 17.7 Å². The van der Waals surface area contributed by atoms with Crippen LogP contribution >= 0.6 is 0 Å². The number of para-hydroxylation sites is 2. The van der Waals surface area contributed by atoms with Crippen molar-refractivity contribution in [3.63, 3.8) is 0 Å². The maximum Gasteiger partial charge on any atom is 0.261 e. The van der Waals surface area contributed by atoms with E-state index in [0.29, 0.717) is 18.7 Å². The van der Waals surface area contributed by atoms with Crippen molar-refractivity contribution in [3.8, 4) is 0 Å². The number of likely N-dealkylation sites (N-methyl/N-ethyl adjacent to an activating group) is 1. The van der Waals surface area contributed by atoms with Gasteiger partial charge in [-0.05, 0) is 42.8 Å². The largest absolute Gasteiger partial charge is 0.359 e. The molecule has 2 aliphatic heterocycles. The van der Waals surface area contributed by atoms with Gasteiger partial charge in [0.05, 0.1) is 49.5 Å². The van der Waals surface area contributed by atoms with Crippen molar-refractivity contribution in [2.24, 2.45) is 0 Å². The molecule has 0 aliphatic carbocycles. The van der Waals surface area contributed by atoms with Crippen molar-refractivity contribution in [2.75, 3.05) is 54.3 Å². The lowest BCUT2D eigenvalue weighted by molar-refractivity contribution is -0.880. The van der Waals surface area contributed by atoms with Gasteiger partial charge in [0, 0.05) is 18.7 Å². The molecule has 0 saturated carbocycles. The third-order valence-corrected chi connectivity index (χ3v) is 7.02. The zero-order chi connectivity index (χ0) is 20.4. The predicted molar refractivity (Wildman–Crippen MR) is 114 cm³/mol. The first-order chi connectivity index (χ1) is 13.9. The van der Waals surface area contributed by atoms with Gasteiger partial charge in [0.15, 0.2) is 0 Å². The van der Waals surface area contributed by atoms with E-state index in [0.717, 1.165) is 44.0 Å². The summed E-state index contributed by atoms with van der Waals surface area (Å²) in [4.78, 5) is 17.5. The highest BCUT2D eigenvalue weighted by Crippen LogP contribution is 2.29. The number of anilines is 3.